The van der Waals surface area contributed by atoms with E-state index < -0.39 is 0 Å². The molecule has 1 aromatic heterocycles. The van der Waals surface area contributed by atoms with Crippen LogP contribution in [0.15, 0.2) is 34.0 Å². The molecule has 5 nitrogen and oxygen atoms in total. The van der Waals surface area contributed by atoms with Crippen molar-refractivity contribution in [2.45, 2.75) is 11.3 Å². The monoisotopic (exact) mass is 321 g/mol. The number of nitrogens with one attached hydrogen (secondary N) is 2. The molecule has 21 heavy (non-hydrogen) atoms. The highest BCUT2D eigenvalue weighted by molar-refractivity contribution is 8.01. The zero-order chi connectivity index (χ0) is 15.2. The number of carbonyl (C=O) groups is 2. The number of carbonyl (C=O) groups excluding carboxylic acids is 2. The fraction of sp³-hybridized carbons (Fsp3) is 0.214. The second kappa shape index (κ2) is 7.24. The van der Waals surface area contributed by atoms with Gasteiger partial charge in [0.15, 0.2) is 4.34 Å². The van der Waals surface area contributed by atoms with Gasteiger partial charge in [-0.25, -0.2) is 4.98 Å². The number of anilines is 1. The largest absolute Gasteiger partial charge is 0.355 e. The van der Waals surface area contributed by atoms with Crippen LogP contribution in [0.25, 0.3) is 0 Å². The number of thiazole rings is 1. The Labute approximate surface area is 131 Å². The molecule has 0 bridgehead atoms. The minimum atomic E-state index is -0.150. The Hall–Kier alpha value is -1.86. The molecule has 0 fully saturated rings. The molecule has 2 amide bonds. The molecule has 0 saturated carbocycles. The summed E-state index contributed by atoms with van der Waals surface area (Å²) in [5, 5.41) is 7.29. The van der Waals surface area contributed by atoms with Crippen molar-refractivity contribution in [1.82, 2.24) is 10.3 Å². The molecule has 0 aliphatic heterocycles. The van der Waals surface area contributed by atoms with Crippen molar-refractivity contribution in [2.75, 3.05) is 18.1 Å². The standard InChI is InChI=1S/C14H15N3O2S2/c1-9-7-20-14(16-9)21-8-12(18)17-11-5-3-10(4-6-11)13(19)15-2/h3-7H,8H2,1-2H3,(H,15,19)(H,17,18). The first kappa shape index (κ1) is 15.5. The fourth-order valence-corrected chi connectivity index (χ4v) is 3.22. The number of benzene rings is 1. The number of aryl methyl sites for hydroxylation is 1. The normalized spacial score (nSPS) is 10.2. The predicted molar refractivity (Wildman–Crippen MR) is 86.0 cm³/mol. The summed E-state index contributed by atoms with van der Waals surface area (Å²) in [6, 6.07) is 6.76. The highest BCUT2D eigenvalue weighted by Crippen LogP contribution is 2.22. The summed E-state index contributed by atoms with van der Waals surface area (Å²) in [4.78, 5) is 27.5. The molecule has 0 unspecified atom stereocenters. The van der Waals surface area contributed by atoms with E-state index in [1.54, 1.807) is 31.3 Å². The van der Waals surface area contributed by atoms with Crippen LogP contribution >= 0.6 is 23.1 Å². The fourth-order valence-electron chi connectivity index (χ4n) is 1.57. The zero-order valence-corrected chi connectivity index (χ0v) is 13.3. The maximum absolute atomic E-state index is 11.8. The molecule has 0 aliphatic rings. The Balaban J connectivity index is 1.86. The van der Waals surface area contributed by atoms with Crippen molar-refractivity contribution in [1.29, 1.82) is 0 Å². The van der Waals surface area contributed by atoms with Gasteiger partial charge in [0.25, 0.3) is 5.91 Å². The van der Waals surface area contributed by atoms with Gasteiger partial charge < -0.3 is 10.6 Å². The van der Waals surface area contributed by atoms with Gasteiger partial charge in [0.05, 0.1) is 5.75 Å². The summed E-state index contributed by atoms with van der Waals surface area (Å²) >= 11 is 2.94. The molecule has 110 valence electrons. The van der Waals surface area contributed by atoms with E-state index in [9.17, 15) is 9.59 Å². The summed E-state index contributed by atoms with van der Waals surface area (Å²) in [5.74, 6) is 0.0626. The molecule has 1 heterocycles. The van der Waals surface area contributed by atoms with E-state index in [1.165, 1.54) is 23.1 Å². The maximum Gasteiger partial charge on any atom is 0.251 e. The Bertz CT molecular complexity index is 638. The van der Waals surface area contributed by atoms with E-state index >= 15 is 0 Å². The lowest BCUT2D eigenvalue weighted by atomic mass is 10.2. The maximum atomic E-state index is 11.8. The molecule has 2 aromatic rings. The van der Waals surface area contributed by atoms with E-state index in [0.717, 1.165) is 10.0 Å². The molecule has 7 heteroatoms. The predicted octanol–water partition coefficient (Wildman–Crippen LogP) is 2.54. The second-order valence-corrected chi connectivity index (χ2v) is 6.33. The van der Waals surface area contributed by atoms with E-state index in [2.05, 4.69) is 15.6 Å². The van der Waals surface area contributed by atoms with Gasteiger partial charge in [-0.3, -0.25) is 9.59 Å². The van der Waals surface area contributed by atoms with Gasteiger partial charge >= 0.3 is 0 Å². The second-order valence-electron chi connectivity index (χ2n) is 4.25. The summed E-state index contributed by atoms with van der Waals surface area (Å²) in [6.07, 6.45) is 0. The molecular formula is C14H15N3O2S2. The Kier molecular flexibility index (Phi) is 5.35. The van der Waals surface area contributed by atoms with Crippen molar-refractivity contribution in [3.63, 3.8) is 0 Å². The van der Waals surface area contributed by atoms with Crippen LogP contribution in [0.5, 0.6) is 0 Å². The smallest absolute Gasteiger partial charge is 0.251 e. The highest BCUT2D eigenvalue weighted by Gasteiger charge is 2.07. The first-order valence-corrected chi connectivity index (χ1v) is 8.12. The van der Waals surface area contributed by atoms with Crippen molar-refractivity contribution in [3.8, 4) is 0 Å². The molecule has 0 aliphatic carbocycles. The number of amides is 2. The van der Waals surface area contributed by atoms with Gasteiger partial charge in [-0.1, -0.05) is 11.8 Å². The molecule has 0 radical (unpaired) electrons. The van der Waals surface area contributed by atoms with Gasteiger partial charge in [0.2, 0.25) is 5.91 Å². The van der Waals surface area contributed by atoms with Gasteiger partial charge in [0.1, 0.15) is 0 Å². The highest BCUT2D eigenvalue weighted by atomic mass is 32.2. The number of aromatic nitrogens is 1. The SMILES string of the molecule is CNC(=O)c1ccc(NC(=O)CSc2nc(C)cs2)cc1. The van der Waals surface area contributed by atoms with Crippen LogP contribution in [-0.4, -0.2) is 29.6 Å². The average molecular weight is 321 g/mol. The van der Waals surface area contributed by atoms with Crippen LogP contribution in [0, 0.1) is 6.92 Å². The number of rotatable bonds is 5. The number of nitrogens with zero attached hydrogens (tertiary/aromatic N) is 1. The lowest BCUT2D eigenvalue weighted by molar-refractivity contribution is -0.113. The quantitative estimate of drug-likeness (QED) is 0.830. The molecule has 2 rings (SSSR count). The van der Waals surface area contributed by atoms with Crippen molar-refractivity contribution < 1.29 is 9.59 Å². The minimum absolute atomic E-state index is 0.0967. The topological polar surface area (TPSA) is 71.1 Å². The third kappa shape index (κ3) is 4.57. The Morgan fingerprint density at radius 3 is 2.57 bits per heavy atom. The van der Waals surface area contributed by atoms with Gasteiger partial charge in [-0.05, 0) is 31.2 Å². The number of hydrogen-bond acceptors (Lipinski definition) is 5. The van der Waals surface area contributed by atoms with Crippen LogP contribution in [0.4, 0.5) is 5.69 Å². The molecule has 0 saturated heterocycles. The minimum Gasteiger partial charge on any atom is -0.355 e. The van der Waals surface area contributed by atoms with Gasteiger partial charge in [-0.2, -0.15) is 0 Å². The molecule has 0 spiro atoms. The summed E-state index contributed by atoms with van der Waals surface area (Å²) in [7, 11) is 1.58. The zero-order valence-electron chi connectivity index (χ0n) is 11.7. The summed E-state index contributed by atoms with van der Waals surface area (Å²) in [6.45, 7) is 1.93. The van der Waals surface area contributed by atoms with Crippen molar-refractivity contribution in [3.05, 3.63) is 40.9 Å². The third-order valence-corrected chi connectivity index (χ3v) is 4.72. The summed E-state index contributed by atoms with van der Waals surface area (Å²) < 4.78 is 0.887. The average Bonchev–Trinajstić information content (AvgIpc) is 2.91. The number of thioether (sulfide) groups is 1. The molecular weight excluding hydrogens is 306 g/mol. The van der Waals surface area contributed by atoms with E-state index in [1.807, 2.05) is 12.3 Å². The lowest BCUT2D eigenvalue weighted by Crippen LogP contribution is -2.18. The van der Waals surface area contributed by atoms with Gasteiger partial charge in [-0.15, -0.1) is 11.3 Å². The molecule has 1 aromatic carbocycles. The van der Waals surface area contributed by atoms with Crippen LogP contribution in [0.1, 0.15) is 16.1 Å². The van der Waals surface area contributed by atoms with Crippen LogP contribution in [0.3, 0.4) is 0 Å². The Morgan fingerprint density at radius 2 is 2.00 bits per heavy atom. The van der Waals surface area contributed by atoms with E-state index in [4.69, 9.17) is 0 Å². The molecule has 0 atom stereocenters. The van der Waals surface area contributed by atoms with Gasteiger partial charge in [0, 0.05) is 29.4 Å². The first-order chi connectivity index (χ1) is 10.1. The van der Waals surface area contributed by atoms with E-state index in [-0.39, 0.29) is 11.8 Å². The first-order valence-electron chi connectivity index (χ1n) is 6.25. The Morgan fingerprint density at radius 1 is 1.29 bits per heavy atom. The number of hydrogen-bond donors (Lipinski definition) is 2. The summed E-state index contributed by atoms with van der Waals surface area (Å²) in [5.41, 5.74) is 2.19. The van der Waals surface area contributed by atoms with Crippen molar-refractivity contribution in [2.24, 2.45) is 0 Å². The molecule has 2 N–H and O–H groups in total. The third-order valence-electron chi connectivity index (χ3n) is 2.58. The van der Waals surface area contributed by atoms with Crippen molar-refractivity contribution >= 4 is 40.6 Å². The lowest BCUT2D eigenvalue weighted by Gasteiger charge is -2.05. The van der Waals surface area contributed by atoms with Crippen LogP contribution in [-0.2, 0) is 4.79 Å². The van der Waals surface area contributed by atoms with Crippen LogP contribution < -0.4 is 10.6 Å². The van der Waals surface area contributed by atoms with Crippen LogP contribution in [0.2, 0.25) is 0 Å². The van der Waals surface area contributed by atoms with E-state index in [0.29, 0.717) is 17.0 Å².